The molecule has 2 unspecified atom stereocenters. The second-order valence-corrected chi connectivity index (χ2v) is 7.10. The number of fused-ring (bicyclic) bond motifs is 1. The minimum absolute atomic E-state index is 0.0410. The number of thioether (sulfide) groups is 1. The number of nitrogens with zero attached hydrogens (tertiary/aromatic N) is 2. The number of hydrogen-bond donors (Lipinski definition) is 0. The molecule has 0 bridgehead atoms. The van der Waals surface area contributed by atoms with E-state index in [4.69, 9.17) is 4.74 Å². The standard InChI is InChI=1S/C19H20N2O3S/c1-4-24-18(23)16-12(2)20-19-21(17(22)13(3)25-19)15(16)11-10-14-8-6-5-7-9-14/h5-11,13,15H,4H2,1-3H3/b11-10+. The van der Waals surface area contributed by atoms with Crippen molar-refractivity contribution in [2.75, 3.05) is 6.61 Å². The third kappa shape index (κ3) is 3.39. The summed E-state index contributed by atoms with van der Waals surface area (Å²) in [5, 5.41) is 0.437. The smallest absolute Gasteiger partial charge is 0.338 e. The lowest BCUT2D eigenvalue weighted by atomic mass is 10.00. The molecule has 0 spiro atoms. The Kier molecular flexibility index (Phi) is 5.08. The third-order valence-electron chi connectivity index (χ3n) is 4.07. The van der Waals surface area contributed by atoms with Crippen molar-refractivity contribution in [2.45, 2.75) is 32.1 Å². The van der Waals surface area contributed by atoms with Crippen molar-refractivity contribution in [2.24, 2.45) is 4.99 Å². The van der Waals surface area contributed by atoms with Gasteiger partial charge in [0.1, 0.15) is 0 Å². The first kappa shape index (κ1) is 17.5. The van der Waals surface area contributed by atoms with Gasteiger partial charge in [0.05, 0.1) is 29.2 Å². The highest BCUT2D eigenvalue weighted by atomic mass is 32.2. The van der Waals surface area contributed by atoms with Crippen LogP contribution >= 0.6 is 11.8 Å². The van der Waals surface area contributed by atoms with Crippen molar-refractivity contribution in [1.29, 1.82) is 0 Å². The molecule has 1 aromatic rings. The molecule has 1 amide bonds. The molecule has 0 radical (unpaired) electrons. The van der Waals surface area contributed by atoms with Gasteiger partial charge in [-0.1, -0.05) is 54.2 Å². The SMILES string of the molecule is CCOC(=O)C1=C(C)N=C2SC(C)C(=O)N2C1/C=C/c1ccccc1. The Morgan fingerprint density at radius 2 is 2.08 bits per heavy atom. The van der Waals surface area contributed by atoms with E-state index in [9.17, 15) is 9.59 Å². The van der Waals surface area contributed by atoms with E-state index in [2.05, 4.69) is 4.99 Å². The Bertz CT molecular complexity index is 783. The third-order valence-corrected chi connectivity index (χ3v) is 5.12. The van der Waals surface area contributed by atoms with E-state index in [0.717, 1.165) is 5.56 Å². The largest absolute Gasteiger partial charge is 0.463 e. The summed E-state index contributed by atoms with van der Waals surface area (Å²) in [5.41, 5.74) is 2.02. The summed E-state index contributed by atoms with van der Waals surface area (Å²) in [6, 6.07) is 9.27. The highest BCUT2D eigenvalue weighted by Crippen LogP contribution is 2.36. The Balaban J connectivity index is 2.02. The monoisotopic (exact) mass is 356 g/mol. The van der Waals surface area contributed by atoms with Gasteiger partial charge in [-0.05, 0) is 26.3 Å². The molecular weight excluding hydrogens is 336 g/mol. The molecule has 2 heterocycles. The molecule has 0 saturated carbocycles. The summed E-state index contributed by atoms with van der Waals surface area (Å²) < 4.78 is 5.20. The van der Waals surface area contributed by atoms with Crippen molar-refractivity contribution >= 4 is 34.9 Å². The van der Waals surface area contributed by atoms with Gasteiger partial charge in [-0.3, -0.25) is 9.69 Å². The van der Waals surface area contributed by atoms with Crippen molar-refractivity contribution in [3.05, 3.63) is 53.2 Å². The molecule has 130 valence electrons. The van der Waals surface area contributed by atoms with Gasteiger partial charge >= 0.3 is 5.97 Å². The maximum Gasteiger partial charge on any atom is 0.338 e. The number of ether oxygens (including phenoxy) is 1. The maximum absolute atomic E-state index is 12.6. The Morgan fingerprint density at radius 1 is 1.36 bits per heavy atom. The molecule has 2 atom stereocenters. The number of carbonyl (C=O) groups excluding carboxylic acids is 2. The molecule has 1 aromatic carbocycles. The van der Waals surface area contributed by atoms with Crippen molar-refractivity contribution in [3.63, 3.8) is 0 Å². The van der Waals surface area contributed by atoms with E-state index in [1.165, 1.54) is 11.8 Å². The molecule has 0 aromatic heterocycles. The number of amides is 1. The van der Waals surface area contributed by atoms with Crippen molar-refractivity contribution in [1.82, 2.24) is 4.90 Å². The van der Waals surface area contributed by atoms with E-state index in [-0.39, 0.29) is 17.8 Å². The van der Waals surface area contributed by atoms with Gasteiger partial charge in [0.25, 0.3) is 0 Å². The van der Waals surface area contributed by atoms with E-state index in [1.54, 1.807) is 18.7 Å². The Morgan fingerprint density at radius 3 is 2.76 bits per heavy atom. The number of hydrogen-bond acceptors (Lipinski definition) is 5. The van der Waals surface area contributed by atoms with Crippen LogP contribution < -0.4 is 0 Å². The van der Waals surface area contributed by atoms with Gasteiger partial charge in [-0.25, -0.2) is 9.79 Å². The average molecular weight is 356 g/mol. The van der Waals surface area contributed by atoms with Gasteiger partial charge in [-0.2, -0.15) is 0 Å². The fraction of sp³-hybridized carbons (Fsp3) is 0.316. The zero-order valence-electron chi connectivity index (χ0n) is 14.4. The zero-order chi connectivity index (χ0) is 18.0. The molecule has 25 heavy (non-hydrogen) atoms. The lowest BCUT2D eigenvalue weighted by molar-refractivity contribution is -0.139. The van der Waals surface area contributed by atoms with E-state index < -0.39 is 12.0 Å². The number of aliphatic imine (C=N–C) groups is 1. The fourth-order valence-corrected chi connectivity index (χ4v) is 3.90. The highest BCUT2D eigenvalue weighted by Gasteiger charge is 2.44. The van der Waals surface area contributed by atoms with Crippen LogP contribution in [0, 0.1) is 0 Å². The van der Waals surface area contributed by atoms with Gasteiger partial charge in [0.15, 0.2) is 5.17 Å². The van der Waals surface area contributed by atoms with E-state index in [1.807, 2.05) is 49.4 Å². The molecule has 0 N–H and O–H groups in total. The number of carbonyl (C=O) groups is 2. The number of allylic oxidation sites excluding steroid dienone is 1. The summed E-state index contributed by atoms with van der Waals surface area (Å²) in [4.78, 5) is 31.2. The number of amidine groups is 1. The van der Waals surface area contributed by atoms with Crippen LogP contribution in [-0.4, -0.2) is 39.8 Å². The topological polar surface area (TPSA) is 59.0 Å². The average Bonchev–Trinajstić information content (AvgIpc) is 2.87. The predicted molar refractivity (Wildman–Crippen MR) is 99.9 cm³/mol. The predicted octanol–water partition coefficient (Wildman–Crippen LogP) is 3.24. The highest BCUT2D eigenvalue weighted by molar-refractivity contribution is 8.15. The van der Waals surface area contributed by atoms with Crippen LogP contribution in [0.4, 0.5) is 0 Å². The first-order chi connectivity index (χ1) is 12.0. The lowest BCUT2D eigenvalue weighted by Crippen LogP contribution is -2.45. The van der Waals surface area contributed by atoms with Crippen LogP contribution in [-0.2, 0) is 14.3 Å². The van der Waals surface area contributed by atoms with Gasteiger partial charge in [0, 0.05) is 0 Å². The van der Waals surface area contributed by atoms with Crippen LogP contribution in [0.2, 0.25) is 0 Å². The van der Waals surface area contributed by atoms with E-state index >= 15 is 0 Å². The summed E-state index contributed by atoms with van der Waals surface area (Å²) >= 11 is 1.42. The number of benzene rings is 1. The zero-order valence-corrected chi connectivity index (χ0v) is 15.2. The minimum Gasteiger partial charge on any atom is -0.463 e. The molecule has 1 saturated heterocycles. The van der Waals surface area contributed by atoms with Crippen molar-refractivity contribution < 1.29 is 14.3 Å². The summed E-state index contributed by atoms with van der Waals surface area (Å²) in [7, 11) is 0. The molecule has 0 aliphatic carbocycles. The van der Waals surface area contributed by atoms with Crippen LogP contribution in [0.3, 0.4) is 0 Å². The van der Waals surface area contributed by atoms with Gasteiger partial charge in [0.2, 0.25) is 5.91 Å². The molecule has 2 aliphatic heterocycles. The van der Waals surface area contributed by atoms with Gasteiger partial charge < -0.3 is 4.74 Å². The Labute approximate surface area is 151 Å². The molecule has 6 heteroatoms. The second kappa shape index (κ2) is 7.27. The fourth-order valence-electron chi connectivity index (χ4n) is 2.86. The van der Waals surface area contributed by atoms with Crippen LogP contribution in [0.15, 0.2) is 52.7 Å². The summed E-state index contributed by atoms with van der Waals surface area (Å²) in [5.74, 6) is -0.469. The lowest BCUT2D eigenvalue weighted by Gasteiger charge is -2.30. The molecule has 2 aliphatic rings. The molecule has 5 nitrogen and oxygen atoms in total. The summed E-state index contributed by atoms with van der Waals surface area (Å²) in [6.45, 7) is 5.68. The first-order valence-corrected chi connectivity index (χ1v) is 9.10. The number of rotatable bonds is 4. The van der Waals surface area contributed by atoms with Crippen LogP contribution in [0.1, 0.15) is 26.3 Å². The Hall–Kier alpha value is -2.34. The normalized spacial score (nSPS) is 23.1. The maximum atomic E-state index is 12.6. The number of esters is 1. The quantitative estimate of drug-likeness (QED) is 0.777. The van der Waals surface area contributed by atoms with Gasteiger partial charge in [-0.15, -0.1) is 0 Å². The van der Waals surface area contributed by atoms with Crippen LogP contribution in [0.5, 0.6) is 0 Å². The second-order valence-electron chi connectivity index (χ2n) is 5.80. The minimum atomic E-state index is -0.503. The van der Waals surface area contributed by atoms with Crippen molar-refractivity contribution in [3.8, 4) is 0 Å². The first-order valence-electron chi connectivity index (χ1n) is 8.22. The summed E-state index contributed by atoms with van der Waals surface area (Å²) in [6.07, 6.45) is 3.79. The van der Waals surface area contributed by atoms with Crippen LogP contribution in [0.25, 0.3) is 6.08 Å². The molecule has 1 fully saturated rings. The van der Waals surface area contributed by atoms with E-state index in [0.29, 0.717) is 16.4 Å². The molecule has 3 rings (SSSR count). The molecular formula is C19H20N2O3S.